The number of benzene rings is 1. The molecule has 0 amide bonds. The number of hydrogen-bond donors (Lipinski definition) is 0. The lowest BCUT2D eigenvalue weighted by Gasteiger charge is -2.12. The van der Waals surface area contributed by atoms with E-state index >= 15 is 0 Å². The first-order chi connectivity index (χ1) is 9.08. The van der Waals surface area contributed by atoms with Crippen LogP contribution < -0.4 is 9.64 Å². The molecule has 0 unspecified atom stereocenters. The van der Waals surface area contributed by atoms with Gasteiger partial charge in [-0.05, 0) is 12.1 Å². The van der Waals surface area contributed by atoms with Crippen LogP contribution in [0, 0.1) is 10.1 Å². The van der Waals surface area contributed by atoms with Gasteiger partial charge in [0.2, 0.25) is 5.75 Å². The van der Waals surface area contributed by atoms with Crippen molar-refractivity contribution >= 4 is 11.5 Å². The molecule has 0 aliphatic carbocycles. The van der Waals surface area contributed by atoms with E-state index in [1.54, 1.807) is 49.3 Å². The quantitative estimate of drug-likeness (QED) is 0.623. The lowest BCUT2D eigenvalue weighted by atomic mass is 10.3. The van der Waals surface area contributed by atoms with Gasteiger partial charge in [-0.15, -0.1) is 0 Å². The van der Waals surface area contributed by atoms with Gasteiger partial charge in [0.1, 0.15) is 17.8 Å². The molecule has 0 N–H and O–H groups in total. The number of nitrogens with zero attached hydrogens (tertiary/aromatic N) is 3. The van der Waals surface area contributed by atoms with Gasteiger partial charge in [-0.2, -0.15) is 0 Å². The summed E-state index contributed by atoms with van der Waals surface area (Å²) in [7, 11) is 3.61. The highest BCUT2D eigenvalue weighted by Gasteiger charge is 2.18. The Hall–Kier alpha value is -2.63. The van der Waals surface area contributed by atoms with Crippen LogP contribution in [0.1, 0.15) is 0 Å². The average molecular weight is 259 g/mol. The lowest BCUT2D eigenvalue weighted by molar-refractivity contribution is -0.385. The highest BCUT2D eigenvalue weighted by molar-refractivity contribution is 5.54. The van der Waals surface area contributed by atoms with E-state index < -0.39 is 4.92 Å². The molecule has 0 fully saturated rings. The number of rotatable bonds is 4. The molecule has 0 saturated heterocycles. The first-order valence-corrected chi connectivity index (χ1v) is 5.62. The Kier molecular flexibility index (Phi) is 3.61. The van der Waals surface area contributed by atoms with Crippen molar-refractivity contribution in [2.24, 2.45) is 0 Å². The van der Waals surface area contributed by atoms with Crippen molar-refractivity contribution in [2.75, 3.05) is 19.0 Å². The van der Waals surface area contributed by atoms with E-state index in [1.807, 2.05) is 6.07 Å². The maximum Gasteiger partial charge on any atom is 0.329 e. The molecule has 0 saturated carbocycles. The van der Waals surface area contributed by atoms with E-state index in [1.165, 1.54) is 6.20 Å². The van der Waals surface area contributed by atoms with Gasteiger partial charge in [0, 0.05) is 20.2 Å². The zero-order valence-corrected chi connectivity index (χ0v) is 10.6. The summed E-state index contributed by atoms with van der Waals surface area (Å²) in [5, 5.41) is 11.0. The van der Waals surface area contributed by atoms with Crippen molar-refractivity contribution < 1.29 is 9.66 Å². The number of anilines is 1. The predicted octanol–water partition coefficient (Wildman–Crippen LogP) is 2.85. The second kappa shape index (κ2) is 5.34. The Labute approximate surface area is 110 Å². The molecule has 0 bridgehead atoms. The van der Waals surface area contributed by atoms with Gasteiger partial charge >= 0.3 is 5.69 Å². The Balaban J connectivity index is 2.41. The molecule has 98 valence electrons. The number of para-hydroxylation sites is 1. The molecule has 0 spiro atoms. The number of ether oxygens (including phenoxy) is 1. The number of pyridine rings is 1. The van der Waals surface area contributed by atoms with Crippen molar-refractivity contribution in [3.8, 4) is 11.5 Å². The number of nitro groups is 1. The maximum absolute atomic E-state index is 11.0. The molecule has 2 aromatic rings. The molecule has 6 heteroatoms. The van der Waals surface area contributed by atoms with E-state index in [4.69, 9.17) is 4.74 Å². The third kappa shape index (κ3) is 2.98. The summed E-state index contributed by atoms with van der Waals surface area (Å²) < 4.78 is 5.55. The van der Waals surface area contributed by atoms with E-state index in [0.29, 0.717) is 11.6 Å². The van der Waals surface area contributed by atoms with Crippen LogP contribution in [0.2, 0.25) is 0 Å². The minimum atomic E-state index is -0.509. The van der Waals surface area contributed by atoms with Crippen molar-refractivity contribution in [2.45, 2.75) is 0 Å². The van der Waals surface area contributed by atoms with Crippen LogP contribution in [0.15, 0.2) is 42.6 Å². The van der Waals surface area contributed by atoms with Crippen LogP contribution in [-0.4, -0.2) is 24.0 Å². The molecule has 0 aliphatic rings. The molecule has 2 rings (SSSR count). The van der Waals surface area contributed by atoms with E-state index in [2.05, 4.69) is 4.98 Å². The van der Waals surface area contributed by atoms with Gasteiger partial charge in [-0.1, -0.05) is 18.2 Å². The van der Waals surface area contributed by atoms with Crippen LogP contribution in [0.5, 0.6) is 11.5 Å². The van der Waals surface area contributed by atoms with Gasteiger partial charge in [0.05, 0.1) is 4.92 Å². The van der Waals surface area contributed by atoms with Crippen LogP contribution in [0.3, 0.4) is 0 Å². The molecule has 0 aliphatic heterocycles. The number of aromatic nitrogens is 1. The molecule has 0 atom stereocenters. The predicted molar refractivity (Wildman–Crippen MR) is 71.7 cm³/mol. The summed E-state index contributed by atoms with van der Waals surface area (Å²) in [6.07, 6.45) is 1.20. The maximum atomic E-state index is 11.0. The van der Waals surface area contributed by atoms with Crippen LogP contribution in [0.25, 0.3) is 0 Å². The largest absolute Gasteiger partial charge is 0.450 e. The highest BCUT2D eigenvalue weighted by atomic mass is 16.6. The van der Waals surface area contributed by atoms with E-state index in [-0.39, 0.29) is 11.4 Å². The summed E-state index contributed by atoms with van der Waals surface area (Å²) in [5.41, 5.74) is -0.158. The first-order valence-electron chi connectivity index (χ1n) is 5.62. The minimum absolute atomic E-state index is 0.158. The highest BCUT2D eigenvalue weighted by Crippen LogP contribution is 2.32. The Morgan fingerprint density at radius 3 is 2.53 bits per heavy atom. The fourth-order valence-corrected chi connectivity index (χ4v) is 1.50. The standard InChI is InChI=1S/C13H13N3O3/c1-15(2)13-8-12(11(9-14-13)16(17)18)19-10-6-4-3-5-7-10/h3-9H,1-2H3. The smallest absolute Gasteiger partial charge is 0.329 e. The molecule has 6 nitrogen and oxygen atoms in total. The second-order valence-corrected chi connectivity index (χ2v) is 4.08. The molecule has 1 aromatic carbocycles. The fraction of sp³-hybridized carbons (Fsp3) is 0.154. The Morgan fingerprint density at radius 1 is 1.26 bits per heavy atom. The van der Waals surface area contributed by atoms with E-state index in [9.17, 15) is 10.1 Å². The van der Waals surface area contributed by atoms with Gasteiger partial charge in [0.25, 0.3) is 0 Å². The summed E-state index contributed by atoms with van der Waals surface area (Å²) in [6, 6.07) is 10.5. The SMILES string of the molecule is CN(C)c1cc(Oc2ccccc2)c([N+](=O)[O-])cn1. The summed E-state index contributed by atoms with van der Waals surface area (Å²) >= 11 is 0. The van der Waals surface area contributed by atoms with Crippen LogP contribution >= 0.6 is 0 Å². The van der Waals surface area contributed by atoms with Gasteiger partial charge in [-0.25, -0.2) is 4.98 Å². The summed E-state index contributed by atoms with van der Waals surface area (Å²) in [6.45, 7) is 0. The minimum Gasteiger partial charge on any atom is -0.450 e. The van der Waals surface area contributed by atoms with Gasteiger partial charge < -0.3 is 9.64 Å². The van der Waals surface area contributed by atoms with Gasteiger partial charge in [-0.3, -0.25) is 10.1 Å². The molecular weight excluding hydrogens is 246 g/mol. The van der Waals surface area contributed by atoms with E-state index in [0.717, 1.165) is 0 Å². The normalized spacial score (nSPS) is 10.0. The molecular formula is C13H13N3O3. The topological polar surface area (TPSA) is 68.5 Å². The Bertz CT molecular complexity index is 585. The van der Waals surface area contributed by atoms with Crippen molar-refractivity contribution in [3.63, 3.8) is 0 Å². The summed E-state index contributed by atoms with van der Waals surface area (Å²) in [4.78, 5) is 16.2. The Morgan fingerprint density at radius 2 is 1.95 bits per heavy atom. The number of hydrogen-bond acceptors (Lipinski definition) is 5. The van der Waals surface area contributed by atoms with Crippen molar-refractivity contribution in [1.82, 2.24) is 4.98 Å². The average Bonchev–Trinajstić information content (AvgIpc) is 2.39. The fourth-order valence-electron chi connectivity index (χ4n) is 1.50. The second-order valence-electron chi connectivity index (χ2n) is 4.08. The third-order valence-corrected chi connectivity index (χ3v) is 2.46. The van der Waals surface area contributed by atoms with Crippen molar-refractivity contribution in [1.29, 1.82) is 0 Å². The molecule has 19 heavy (non-hydrogen) atoms. The third-order valence-electron chi connectivity index (χ3n) is 2.46. The molecule has 1 heterocycles. The van der Waals surface area contributed by atoms with Crippen LogP contribution in [-0.2, 0) is 0 Å². The summed E-state index contributed by atoms with van der Waals surface area (Å²) in [5.74, 6) is 1.31. The zero-order chi connectivity index (χ0) is 13.8. The van der Waals surface area contributed by atoms with Crippen molar-refractivity contribution in [3.05, 3.63) is 52.7 Å². The van der Waals surface area contributed by atoms with Crippen LogP contribution in [0.4, 0.5) is 11.5 Å². The first kappa shape index (κ1) is 12.8. The molecule has 0 radical (unpaired) electrons. The monoisotopic (exact) mass is 259 g/mol. The lowest BCUT2D eigenvalue weighted by Crippen LogP contribution is -2.10. The van der Waals surface area contributed by atoms with Gasteiger partial charge in [0.15, 0.2) is 0 Å². The molecule has 1 aromatic heterocycles. The zero-order valence-electron chi connectivity index (χ0n) is 10.6.